The molecule has 1 aliphatic rings. The average molecular weight is 365 g/mol. The van der Waals surface area contributed by atoms with Crippen molar-refractivity contribution in [2.24, 2.45) is 0 Å². The minimum atomic E-state index is -0.218. The molecule has 0 unspecified atom stereocenters. The molecule has 6 nitrogen and oxygen atoms in total. The monoisotopic (exact) mass is 365 g/mol. The van der Waals surface area contributed by atoms with Crippen molar-refractivity contribution in [3.8, 4) is 0 Å². The van der Waals surface area contributed by atoms with Gasteiger partial charge in [0.15, 0.2) is 0 Å². The predicted octanol–water partition coefficient (Wildman–Crippen LogP) is 2.85. The molecule has 6 heteroatoms. The van der Waals surface area contributed by atoms with Crippen LogP contribution in [0.25, 0.3) is 6.08 Å². The summed E-state index contributed by atoms with van der Waals surface area (Å²) in [4.78, 5) is 26.4. The zero-order valence-electron chi connectivity index (χ0n) is 16.1. The van der Waals surface area contributed by atoms with Gasteiger partial charge < -0.3 is 10.6 Å². The fraction of sp³-hybridized carbons (Fsp3) is 0.381. The second kappa shape index (κ2) is 8.31. The molecule has 27 heavy (non-hydrogen) atoms. The van der Waals surface area contributed by atoms with Gasteiger partial charge >= 0.3 is 0 Å². The third-order valence-electron chi connectivity index (χ3n) is 4.97. The highest BCUT2D eigenvalue weighted by atomic mass is 16.1. The summed E-state index contributed by atoms with van der Waals surface area (Å²) in [6.07, 6.45) is 4.32. The third-order valence-corrected chi connectivity index (χ3v) is 4.97. The predicted molar refractivity (Wildman–Crippen MR) is 110 cm³/mol. The van der Waals surface area contributed by atoms with Crippen LogP contribution < -0.4 is 10.6 Å². The van der Waals surface area contributed by atoms with Crippen molar-refractivity contribution in [2.45, 2.75) is 26.3 Å². The summed E-state index contributed by atoms with van der Waals surface area (Å²) in [5.74, 6) is 0.821. The van der Waals surface area contributed by atoms with E-state index in [2.05, 4.69) is 40.2 Å². The van der Waals surface area contributed by atoms with Crippen LogP contribution in [-0.4, -0.2) is 52.9 Å². The minimum absolute atomic E-state index is 0.208. The number of nitrogens with two attached hydrogens (primary N) is 1. The Bertz CT molecular complexity index is 833. The van der Waals surface area contributed by atoms with Gasteiger partial charge in [0.2, 0.25) is 5.78 Å². The van der Waals surface area contributed by atoms with Crippen molar-refractivity contribution >= 4 is 23.5 Å². The third kappa shape index (κ3) is 4.34. The van der Waals surface area contributed by atoms with Crippen LogP contribution in [0.1, 0.15) is 41.9 Å². The molecule has 0 saturated carbocycles. The number of rotatable bonds is 5. The molecule has 2 aromatic rings. The maximum atomic E-state index is 12.9. The minimum Gasteiger partial charge on any atom is -0.383 e. The summed E-state index contributed by atoms with van der Waals surface area (Å²) in [6.45, 7) is 12.1. The van der Waals surface area contributed by atoms with Crippen LogP contribution in [0.5, 0.6) is 0 Å². The number of anilines is 2. The molecule has 0 spiro atoms. The highest BCUT2D eigenvalue weighted by molar-refractivity contribution is 6.10. The molecule has 0 aromatic carbocycles. The van der Waals surface area contributed by atoms with Crippen molar-refractivity contribution in [1.82, 2.24) is 14.9 Å². The molecule has 1 saturated heterocycles. The fourth-order valence-electron chi connectivity index (χ4n) is 3.33. The molecule has 142 valence electrons. The van der Waals surface area contributed by atoms with Gasteiger partial charge in [0.1, 0.15) is 17.3 Å². The Kier molecular flexibility index (Phi) is 5.86. The molecule has 2 aromatic heterocycles. The van der Waals surface area contributed by atoms with Crippen LogP contribution in [0, 0.1) is 0 Å². The van der Waals surface area contributed by atoms with Crippen molar-refractivity contribution in [2.75, 3.05) is 36.8 Å². The highest BCUT2D eigenvalue weighted by Crippen LogP contribution is 2.20. The number of hydrogen-bond acceptors (Lipinski definition) is 6. The van der Waals surface area contributed by atoms with Gasteiger partial charge in [-0.05, 0) is 44.0 Å². The number of aromatic nitrogens is 2. The van der Waals surface area contributed by atoms with E-state index in [0.717, 1.165) is 44.0 Å². The number of ketones is 1. The lowest BCUT2D eigenvalue weighted by atomic mass is 10.1. The van der Waals surface area contributed by atoms with Crippen LogP contribution in [0.3, 0.4) is 0 Å². The van der Waals surface area contributed by atoms with Gasteiger partial charge in [0.25, 0.3) is 0 Å². The molecule has 0 aliphatic carbocycles. The molecule has 2 N–H and O–H groups in total. The number of carbonyl (C=O) groups is 1. The first-order valence-electron chi connectivity index (χ1n) is 9.38. The molecule has 0 radical (unpaired) electrons. The average Bonchev–Trinajstić information content (AvgIpc) is 2.94. The Morgan fingerprint density at radius 3 is 2.81 bits per heavy atom. The van der Waals surface area contributed by atoms with E-state index in [1.807, 2.05) is 12.1 Å². The van der Waals surface area contributed by atoms with Gasteiger partial charge in [-0.1, -0.05) is 18.7 Å². The van der Waals surface area contributed by atoms with Gasteiger partial charge in [-0.3, -0.25) is 9.69 Å². The number of hydrogen-bond donors (Lipinski definition) is 1. The van der Waals surface area contributed by atoms with Crippen LogP contribution in [0.4, 0.5) is 11.6 Å². The van der Waals surface area contributed by atoms with E-state index in [0.29, 0.717) is 17.3 Å². The molecular formula is C21H27N5O. The molecule has 1 aliphatic heterocycles. The van der Waals surface area contributed by atoms with E-state index in [9.17, 15) is 4.79 Å². The van der Waals surface area contributed by atoms with Gasteiger partial charge in [0.05, 0.1) is 5.56 Å². The lowest BCUT2D eigenvalue weighted by Gasteiger charge is -2.25. The van der Waals surface area contributed by atoms with E-state index in [1.54, 1.807) is 24.4 Å². The molecule has 1 fully saturated rings. The van der Waals surface area contributed by atoms with Crippen molar-refractivity contribution in [1.29, 1.82) is 0 Å². The number of pyridine rings is 2. The SMILES string of the molecule is C=Cc1cnc(N)c(C(=O)c2cccc(N3CCCN(C(C)C)CC3)n2)c1. The van der Waals surface area contributed by atoms with E-state index < -0.39 is 0 Å². The van der Waals surface area contributed by atoms with Crippen LogP contribution >= 0.6 is 0 Å². The summed E-state index contributed by atoms with van der Waals surface area (Å²) in [6, 6.07) is 7.81. The summed E-state index contributed by atoms with van der Waals surface area (Å²) in [5.41, 5.74) is 7.41. The number of nitrogen functional groups attached to an aromatic ring is 1. The van der Waals surface area contributed by atoms with Crippen LogP contribution in [-0.2, 0) is 0 Å². The van der Waals surface area contributed by atoms with Crippen LogP contribution in [0.2, 0.25) is 0 Å². The maximum absolute atomic E-state index is 12.9. The van der Waals surface area contributed by atoms with Gasteiger partial charge in [-0.15, -0.1) is 0 Å². The quantitative estimate of drug-likeness (QED) is 0.821. The van der Waals surface area contributed by atoms with Crippen molar-refractivity contribution in [3.63, 3.8) is 0 Å². The van der Waals surface area contributed by atoms with Crippen molar-refractivity contribution < 1.29 is 4.79 Å². The van der Waals surface area contributed by atoms with Crippen LogP contribution in [0.15, 0.2) is 37.0 Å². The fourth-order valence-corrected chi connectivity index (χ4v) is 3.33. The highest BCUT2D eigenvalue weighted by Gasteiger charge is 2.20. The molecular weight excluding hydrogens is 338 g/mol. The Morgan fingerprint density at radius 2 is 2.07 bits per heavy atom. The topological polar surface area (TPSA) is 75.3 Å². The Hall–Kier alpha value is -2.73. The first kappa shape index (κ1) is 19.0. The first-order chi connectivity index (χ1) is 13.0. The molecule has 3 rings (SSSR count). The zero-order valence-corrected chi connectivity index (χ0v) is 16.1. The summed E-state index contributed by atoms with van der Waals surface area (Å²) in [7, 11) is 0. The maximum Gasteiger partial charge on any atom is 0.215 e. The lowest BCUT2D eigenvalue weighted by molar-refractivity contribution is 0.103. The smallest absolute Gasteiger partial charge is 0.215 e. The Morgan fingerprint density at radius 1 is 1.26 bits per heavy atom. The Balaban J connectivity index is 1.83. The van der Waals surface area contributed by atoms with E-state index in [4.69, 9.17) is 5.73 Å². The summed E-state index contributed by atoms with van der Waals surface area (Å²) < 4.78 is 0. The first-order valence-corrected chi connectivity index (χ1v) is 9.38. The van der Waals surface area contributed by atoms with Crippen molar-refractivity contribution in [3.05, 3.63) is 53.9 Å². The van der Waals surface area contributed by atoms with E-state index in [-0.39, 0.29) is 11.6 Å². The summed E-state index contributed by atoms with van der Waals surface area (Å²) >= 11 is 0. The summed E-state index contributed by atoms with van der Waals surface area (Å²) in [5, 5.41) is 0. The van der Waals surface area contributed by atoms with E-state index in [1.165, 1.54) is 0 Å². The second-order valence-electron chi connectivity index (χ2n) is 7.09. The molecule has 0 atom stereocenters. The van der Waals surface area contributed by atoms with E-state index >= 15 is 0 Å². The number of carbonyl (C=O) groups excluding carboxylic acids is 1. The standard InChI is InChI=1S/C21H27N5O/c1-4-16-13-17(21(22)23-14-16)20(27)18-7-5-8-19(24-18)26-10-6-9-25(11-12-26)15(2)3/h4-5,7-8,13-15H,1,6,9-12H2,2-3H3,(H2,22,23). The number of nitrogens with zero attached hydrogens (tertiary/aromatic N) is 4. The lowest BCUT2D eigenvalue weighted by Crippen LogP contribution is -2.35. The molecule has 0 amide bonds. The zero-order chi connectivity index (χ0) is 19.4. The molecule has 3 heterocycles. The van der Waals surface area contributed by atoms with Gasteiger partial charge in [-0.25, -0.2) is 9.97 Å². The van der Waals surface area contributed by atoms with Gasteiger partial charge in [0, 0.05) is 38.4 Å². The van der Waals surface area contributed by atoms with Gasteiger partial charge in [-0.2, -0.15) is 0 Å². The molecule has 0 bridgehead atoms. The normalized spacial score (nSPS) is 15.6. The Labute approximate surface area is 160 Å². The largest absolute Gasteiger partial charge is 0.383 e. The second-order valence-corrected chi connectivity index (χ2v) is 7.09.